The van der Waals surface area contributed by atoms with E-state index in [9.17, 15) is 9.90 Å². The summed E-state index contributed by atoms with van der Waals surface area (Å²) in [5, 5.41) is 9.34. The third-order valence-electron chi connectivity index (χ3n) is 3.14. The van der Waals surface area contributed by atoms with Gasteiger partial charge in [-0.2, -0.15) is 11.8 Å². The highest BCUT2D eigenvalue weighted by atomic mass is 32.2. The molecule has 0 radical (unpaired) electrons. The molecule has 2 nitrogen and oxygen atoms in total. The molecule has 0 rings (SSSR count). The van der Waals surface area contributed by atoms with Crippen molar-refractivity contribution < 1.29 is 9.90 Å². The van der Waals surface area contributed by atoms with Gasteiger partial charge in [0.25, 0.3) is 0 Å². The van der Waals surface area contributed by atoms with E-state index < -0.39 is 11.4 Å². The van der Waals surface area contributed by atoms with Crippen LogP contribution in [0.2, 0.25) is 0 Å². The lowest BCUT2D eigenvalue weighted by atomic mass is 9.76. The van der Waals surface area contributed by atoms with Gasteiger partial charge in [0.05, 0.1) is 5.41 Å². The van der Waals surface area contributed by atoms with E-state index in [1.54, 1.807) is 11.8 Å². The number of carboxylic acid groups (broad SMARTS) is 1. The first-order valence-electron chi connectivity index (χ1n) is 5.85. The Kier molecular flexibility index (Phi) is 7.93. The van der Waals surface area contributed by atoms with E-state index in [1.807, 2.05) is 6.92 Å². The Labute approximate surface area is 97.8 Å². The monoisotopic (exact) mass is 232 g/mol. The van der Waals surface area contributed by atoms with E-state index in [-0.39, 0.29) is 0 Å². The van der Waals surface area contributed by atoms with Crippen LogP contribution in [-0.2, 0) is 4.79 Å². The molecule has 90 valence electrons. The van der Waals surface area contributed by atoms with Crippen LogP contribution >= 0.6 is 11.8 Å². The Hall–Kier alpha value is -0.180. The number of hydrogen-bond donors (Lipinski definition) is 1. The van der Waals surface area contributed by atoms with Crippen molar-refractivity contribution in [3.05, 3.63) is 0 Å². The summed E-state index contributed by atoms with van der Waals surface area (Å²) < 4.78 is 0. The molecular weight excluding hydrogens is 208 g/mol. The Balaban J connectivity index is 4.30. The third kappa shape index (κ3) is 4.92. The molecule has 1 N–H and O–H groups in total. The zero-order valence-electron chi connectivity index (χ0n) is 10.2. The summed E-state index contributed by atoms with van der Waals surface area (Å²) in [7, 11) is 0. The van der Waals surface area contributed by atoms with Crippen LogP contribution in [0, 0.1) is 5.41 Å². The molecule has 1 unspecified atom stereocenters. The van der Waals surface area contributed by atoms with Gasteiger partial charge in [0, 0.05) is 0 Å². The number of carbonyl (C=O) groups is 1. The van der Waals surface area contributed by atoms with Crippen LogP contribution in [0.1, 0.15) is 52.4 Å². The molecule has 1 atom stereocenters. The number of hydrogen-bond acceptors (Lipinski definition) is 2. The van der Waals surface area contributed by atoms with Gasteiger partial charge in [-0.25, -0.2) is 0 Å². The SMILES string of the molecule is CCCCC(CC)(CCCSC)C(=O)O. The Morgan fingerprint density at radius 1 is 1.27 bits per heavy atom. The second-order valence-corrected chi connectivity index (χ2v) is 5.12. The van der Waals surface area contributed by atoms with Gasteiger partial charge in [0.2, 0.25) is 0 Å². The van der Waals surface area contributed by atoms with E-state index in [0.29, 0.717) is 0 Å². The van der Waals surface area contributed by atoms with Gasteiger partial charge < -0.3 is 5.11 Å². The molecule has 0 aliphatic heterocycles. The van der Waals surface area contributed by atoms with Crippen LogP contribution in [0.25, 0.3) is 0 Å². The average Bonchev–Trinajstić information content (AvgIpc) is 2.23. The quantitative estimate of drug-likeness (QED) is 0.614. The molecule has 0 aromatic heterocycles. The van der Waals surface area contributed by atoms with Crippen LogP contribution in [-0.4, -0.2) is 23.1 Å². The highest BCUT2D eigenvalue weighted by Gasteiger charge is 2.34. The molecule has 0 aromatic rings. The Morgan fingerprint density at radius 2 is 1.87 bits per heavy atom. The van der Waals surface area contributed by atoms with Crippen LogP contribution in [0.5, 0.6) is 0 Å². The summed E-state index contributed by atoms with van der Waals surface area (Å²) in [5.74, 6) is 0.473. The maximum absolute atomic E-state index is 11.3. The summed E-state index contributed by atoms with van der Waals surface area (Å²) in [4.78, 5) is 11.3. The molecule has 0 bridgehead atoms. The van der Waals surface area contributed by atoms with Crippen molar-refractivity contribution in [2.24, 2.45) is 5.41 Å². The maximum Gasteiger partial charge on any atom is 0.309 e. The Bertz CT molecular complexity index is 182. The number of thioether (sulfide) groups is 1. The summed E-state index contributed by atoms with van der Waals surface area (Å²) in [6.07, 6.45) is 7.63. The van der Waals surface area contributed by atoms with Gasteiger partial charge >= 0.3 is 5.97 Å². The van der Waals surface area contributed by atoms with Gasteiger partial charge in [-0.3, -0.25) is 4.79 Å². The van der Waals surface area contributed by atoms with Crippen LogP contribution < -0.4 is 0 Å². The predicted octanol–water partition coefficient (Wildman–Crippen LogP) is 3.80. The molecule has 0 spiro atoms. The summed E-state index contributed by atoms with van der Waals surface area (Å²) in [6, 6.07) is 0. The fourth-order valence-electron chi connectivity index (χ4n) is 1.91. The van der Waals surface area contributed by atoms with E-state index in [1.165, 1.54) is 0 Å². The normalized spacial score (nSPS) is 14.9. The first-order chi connectivity index (χ1) is 7.13. The van der Waals surface area contributed by atoms with Crippen molar-refractivity contribution in [2.45, 2.75) is 52.4 Å². The fourth-order valence-corrected chi connectivity index (χ4v) is 2.35. The van der Waals surface area contributed by atoms with Gasteiger partial charge in [0.1, 0.15) is 0 Å². The van der Waals surface area contributed by atoms with Crippen molar-refractivity contribution in [3.8, 4) is 0 Å². The minimum Gasteiger partial charge on any atom is -0.481 e. The van der Waals surface area contributed by atoms with E-state index in [2.05, 4.69) is 13.2 Å². The molecule has 0 amide bonds. The van der Waals surface area contributed by atoms with Crippen molar-refractivity contribution in [2.75, 3.05) is 12.0 Å². The smallest absolute Gasteiger partial charge is 0.309 e. The zero-order valence-corrected chi connectivity index (χ0v) is 11.0. The number of carboxylic acids is 1. The molecule has 15 heavy (non-hydrogen) atoms. The summed E-state index contributed by atoms with van der Waals surface area (Å²) in [6.45, 7) is 4.12. The minimum absolute atomic E-state index is 0.453. The van der Waals surface area contributed by atoms with Gasteiger partial charge in [-0.05, 0) is 37.7 Å². The zero-order chi connectivity index (χ0) is 11.7. The Morgan fingerprint density at radius 3 is 2.27 bits per heavy atom. The van der Waals surface area contributed by atoms with Crippen LogP contribution in [0.15, 0.2) is 0 Å². The van der Waals surface area contributed by atoms with Gasteiger partial charge in [-0.15, -0.1) is 0 Å². The first-order valence-corrected chi connectivity index (χ1v) is 7.24. The lowest BCUT2D eigenvalue weighted by Gasteiger charge is -2.28. The lowest BCUT2D eigenvalue weighted by Crippen LogP contribution is -2.30. The maximum atomic E-state index is 11.3. The topological polar surface area (TPSA) is 37.3 Å². The van der Waals surface area contributed by atoms with Crippen LogP contribution in [0.4, 0.5) is 0 Å². The molecule has 0 heterocycles. The fraction of sp³-hybridized carbons (Fsp3) is 0.917. The van der Waals surface area contributed by atoms with Crippen LogP contribution in [0.3, 0.4) is 0 Å². The molecule has 0 aliphatic carbocycles. The second-order valence-electron chi connectivity index (χ2n) is 4.14. The summed E-state index contributed by atoms with van der Waals surface area (Å²) >= 11 is 1.80. The molecular formula is C12H24O2S. The van der Waals surface area contributed by atoms with Crippen molar-refractivity contribution in [1.29, 1.82) is 0 Å². The standard InChI is InChI=1S/C12H24O2S/c1-4-6-8-12(5-2,11(13)14)9-7-10-15-3/h4-10H2,1-3H3,(H,13,14). The second kappa shape index (κ2) is 8.03. The highest BCUT2D eigenvalue weighted by molar-refractivity contribution is 7.98. The summed E-state index contributed by atoms with van der Waals surface area (Å²) in [5.41, 5.74) is -0.453. The molecule has 3 heteroatoms. The molecule has 0 aromatic carbocycles. The van der Waals surface area contributed by atoms with Crippen molar-refractivity contribution in [1.82, 2.24) is 0 Å². The predicted molar refractivity (Wildman–Crippen MR) is 67.5 cm³/mol. The average molecular weight is 232 g/mol. The van der Waals surface area contributed by atoms with E-state index in [4.69, 9.17) is 0 Å². The number of unbranched alkanes of at least 4 members (excludes halogenated alkanes) is 1. The largest absolute Gasteiger partial charge is 0.481 e. The van der Waals surface area contributed by atoms with Gasteiger partial charge in [0.15, 0.2) is 0 Å². The minimum atomic E-state index is -0.598. The highest BCUT2D eigenvalue weighted by Crippen LogP contribution is 2.34. The van der Waals surface area contributed by atoms with E-state index in [0.717, 1.165) is 44.3 Å². The number of aliphatic carboxylic acids is 1. The molecule has 0 saturated carbocycles. The number of rotatable bonds is 9. The van der Waals surface area contributed by atoms with Crippen molar-refractivity contribution >= 4 is 17.7 Å². The molecule has 0 aliphatic rings. The molecule has 0 fully saturated rings. The van der Waals surface area contributed by atoms with E-state index >= 15 is 0 Å². The van der Waals surface area contributed by atoms with Crippen molar-refractivity contribution in [3.63, 3.8) is 0 Å². The lowest BCUT2D eigenvalue weighted by molar-refractivity contribution is -0.150. The van der Waals surface area contributed by atoms with Gasteiger partial charge in [-0.1, -0.05) is 26.7 Å². The third-order valence-corrected chi connectivity index (χ3v) is 3.84. The first kappa shape index (κ1) is 14.8. The molecule has 0 saturated heterocycles.